The van der Waals surface area contributed by atoms with Gasteiger partial charge in [0, 0.05) is 32.7 Å². The molecule has 0 aliphatic carbocycles. The molecule has 1 fully saturated rings. The Balaban J connectivity index is 2.22. The molecule has 1 rings (SSSR count). The number of primary amides is 1. The fraction of sp³-hybridized carbons (Fsp3) is 0.667. The Labute approximate surface area is 79.0 Å². The number of nitrogens with two attached hydrogens (primary N) is 1. The molecule has 1 amide bonds. The summed E-state index contributed by atoms with van der Waals surface area (Å²) in [5, 5.41) is 0. The maximum Gasteiger partial charge on any atom is 0.231 e. The summed E-state index contributed by atoms with van der Waals surface area (Å²) in [6.45, 7) is 8.87. The van der Waals surface area contributed by atoms with Gasteiger partial charge in [-0.3, -0.25) is 14.6 Å². The van der Waals surface area contributed by atoms with Crippen molar-refractivity contribution in [3.8, 4) is 0 Å². The predicted octanol–water partition coefficient (Wildman–Crippen LogP) is -0.725. The van der Waals surface area contributed by atoms with Crippen LogP contribution in [0.25, 0.3) is 0 Å². The first-order chi connectivity index (χ1) is 6.22. The van der Waals surface area contributed by atoms with Crippen molar-refractivity contribution in [1.29, 1.82) is 0 Å². The molecule has 0 spiro atoms. The molecule has 1 aliphatic rings. The maximum atomic E-state index is 10.6. The van der Waals surface area contributed by atoms with Crippen LogP contribution in [-0.4, -0.2) is 55.0 Å². The lowest BCUT2D eigenvalue weighted by Crippen LogP contribution is -2.48. The van der Waals surface area contributed by atoms with Crippen LogP contribution < -0.4 is 5.73 Å². The minimum Gasteiger partial charge on any atom is -0.369 e. The monoisotopic (exact) mass is 183 g/mol. The zero-order valence-electron chi connectivity index (χ0n) is 7.91. The molecule has 1 heterocycles. The van der Waals surface area contributed by atoms with E-state index in [0.29, 0.717) is 6.54 Å². The first-order valence-corrected chi connectivity index (χ1v) is 4.56. The van der Waals surface area contributed by atoms with Crippen LogP contribution in [0.1, 0.15) is 0 Å². The molecule has 0 atom stereocenters. The van der Waals surface area contributed by atoms with Gasteiger partial charge in [-0.1, -0.05) is 6.08 Å². The lowest BCUT2D eigenvalue weighted by Gasteiger charge is -2.33. The van der Waals surface area contributed by atoms with Gasteiger partial charge >= 0.3 is 0 Å². The topological polar surface area (TPSA) is 49.6 Å². The molecule has 0 unspecified atom stereocenters. The van der Waals surface area contributed by atoms with Crippen molar-refractivity contribution in [3.05, 3.63) is 12.7 Å². The van der Waals surface area contributed by atoms with Gasteiger partial charge in [-0.05, 0) is 0 Å². The molecular formula is C9H17N3O. The van der Waals surface area contributed by atoms with E-state index in [1.165, 1.54) is 0 Å². The molecule has 13 heavy (non-hydrogen) atoms. The second-order valence-electron chi connectivity index (χ2n) is 3.33. The molecule has 74 valence electrons. The largest absolute Gasteiger partial charge is 0.369 e. The van der Waals surface area contributed by atoms with Gasteiger partial charge in [0.1, 0.15) is 0 Å². The second-order valence-corrected chi connectivity index (χ2v) is 3.33. The minimum atomic E-state index is -0.239. The summed E-state index contributed by atoms with van der Waals surface area (Å²) >= 11 is 0. The van der Waals surface area contributed by atoms with E-state index in [-0.39, 0.29) is 5.91 Å². The Bertz CT molecular complexity index is 185. The average Bonchev–Trinajstić information content (AvgIpc) is 2.08. The number of hydrogen-bond acceptors (Lipinski definition) is 3. The molecule has 0 bridgehead atoms. The van der Waals surface area contributed by atoms with Crippen LogP contribution in [0.2, 0.25) is 0 Å². The normalized spacial score (nSPS) is 20.0. The molecule has 0 aromatic carbocycles. The third-order valence-corrected chi connectivity index (χ3v) is 2.23. The van der Waals surface area contributed by atoms with Crippen LogP contribution >= 0.6 is 0 Å². The number of carbonyl (C=O) groups is 1. The summed E-state index contributed by atoms with van der Waals surface area (Å²) < 4.78 is 0. The molecule has 2 N–H and O–H groups in total. The quantitative estimate of drug-likeness (QED) is 0.585. The van der Waals surface area contributed by atoms with Crippen LogP contribution in [0.15, 0.2) is 12.7 Å². The van der Waals surface area contributed by atoms with Gasteiger partial charge in [-0.25, -0.2) is 0 Å². The highest BCUT2D eigenvalue weighted by Crippen LogP contribution is 2.00. The summed E-state index contributed by atoms with van der Waals surface area (Å²) in [5.41, 5.74) is 5.11. The first-order valence-electron chi connectivity index (χ1n) is 4.56. The highest BCUT2D eigenvalue weighted by molar-refractivity contribution is 5.75. The molecule has 0 radical (unpaired) electrons. The van der Waals surface area contributed by atoms with Crippen LogP contribution in [0.3, 0.4) is 0 Å². The molecule has 0 aromatic rings. The third-order valence-electron chi connectivity index (χ3n) is 2.23. The Morgan fingerprint density at radius 2 is 1.85 bits per heavy atom. The highest BCUT2D eigenvalue weighted by Gasteiger charge is 2.16. The number of hydrogen-bond donors (Lipinski definition) is 1. The lowest BCUT2D eigenvalue weighted by molar-refractivity contribution is -0.119. The van der Waals surface area contributed by atoms with E-state index in [2.05, 4.69) is 16.4 Å². The van der Waals surface area contributed by atoms with Crippen LogP contribution in [0.4, 0.5) is 0 Å². The second kappa shape index (κ2) is 4.99. The lowest BCUT2D eigenvalue weighted by atomic mass is 10.3. The number of amides is 1. The summed E-state index contributed by atoms with van der Waals surface area (Å²) in [4.78, 5) is 15.0. The van der Waals surface area contributed by atoms with Crippen molar-refractivity contribution in [2.75, 3.05) is 39.3 Å². The van der Waals surface area contributed by atoms with Gasteiger partial charge < -0.3 is 5.73 Å². The van der Waals surface area contributed by atoms with Crippen molar-refractivity contribution in [2.45, 2.75) is 0 Å². The van der Waals surface area contributed by atoms with Crippen molar-refractivity contribution in [2.24, 2.45) is 5.73 Å². The number of piperazine rings is 1. The first kappa shape index (κ1) is 10.2. The van der Waals surface area contributed by atoms with E-state index < -0.39 is 0 Å². The molecule has 1 aliphatic heterocycles. The average molecular weight is 183 g/mol. The summed E-state index contributed by atoms with van der Waals surface area (Å²) in [5.74, 6) is -0.239. The van der Waals surface area contributed by atoms with Crippen molar-refractivity contribution in [3.63, 3.8) is 0 Å². The summed E-state index contributed by atoms with van der Waals surface area (Å²) in [6.07, 6.45) is 1.91. The van der Waals surface area contributed by atoms with Gasteiger partial charge in [0.15, 0.2) is 0 Å². The van der Waals surface area contributed by atoms with Gasteiger partial charge in [0.05, 0.1) is 6.54 Å². The highest BCUT2D eigenvalue weighted by atomic mass is 16.1. The number of nitrogens with zero attached hydrogens (tertiary/aromatic N) is 2. The summed E-state index contributed by atoms with van der Waals surface area (Å²) in [6, 6.07) is 0. The molecule has 4 nitrogen and oxygen atoms in total. The van der Waals surface area contributed by atoms with Crippen molar-refractivity contribution < 1.29 is 4.79 Å². The molecule has 0 saturated carbocycles. The van der Waals surface area contributed by atoms with Crippen LogP contribution in [0, 0.1) is 0 Å². The van der Waals surface area contributed by atoms with Crippen molar-refractivity contribution in [1.82, 2.24) is 9.80 Å². The third kappa shape index (κ3) is 3.57. The molecular weight excluding hydrogens is 166 g/mol. The van der Waals surface area contributed by atoms with E-state index in [1.54, 1.807) is 0 Å². The zero-order valence-corrected chi connectivity index (χ0v) is 7.91. The SMILES string of the molecule is C=CCN1CCN(CC(N)=O)CC1. The van der Waals surface area contributed by atoms with Crippen LogP contribution in [0.5, 0.6) is 0 Å². The van der Waals surface area contributed by atoms with E-state index in [1.807, 2.05) is 6.08 Å². The van der Waals surface area contributed by atoms with E-state index in [9.17, 15) is 4.79 Å². The molecule has 1 saturated heterocycles. The van der Waals surface area contributed by atoms with Gasteiger partial charge in [0.2, 0.25) is 5.91 Å². The van der Waals surface area contributed by atoms with Crippen LogP contribution in [-0.2, 0) is 4.79 Å². The fourth-order valence-corrected chi connectivity index (χ4v) is 1.53. The van der Waals surface area contributed by atoms with Gasteiger partial charge in [-0.15, -0.1) is 6.58 Å². The Kier molecular flexibility index (Phi) is 3.92. The molecule has 4 heteroatoms. The van der Waals surface area contributed by atoms with E-state index in [4.69, 9.17) is 5.73 Å². The Hall–Kier alpha value is -0.870. The standard InChI is InChI=1S/C9H17N3O/c1-2-3-11-4-6-12(7-5-11)8-9(10)13/h2H,1,3-8H2,(H2,10,13). The Morgan fingerprint density at radius 1 is 1.31 bits per heavy atom. The fourth-order valence-electron chi connectivity index (χ4n) is 1.53. The summed E-state index contributed by atoms with van der Waals surface area (Å²) in [7, 11) is 0. The van der Waals surface area contributed by atoms with E-state index in [0.717, 1.165) is 32.7 Å². The maximum absolute atomic E-state index is 10.6. The van der Waals surface area contributed by atoms with E-state index >= 15 is 0 Å². The predicted molar refractivity (Wildman–Crippen MR) is 52.3 cm³/mol. The van der Waals surface area contributed by atoms with Gasteiger partial charge in [-0.2, -0.15) is 0 Å². The van der Waals surface area contributed by atoms with Gasteiger partial charge in [0.25, 0.3) is 0 Å². The zero-order chi connectivity index (χ0) is 9.68. The smallest absolute Gasteiger partial charge is 0.231 e. The van der Waals surface area contributed by atoms with Crippen molar-refractivity contribution >= 4 is 5.91 Å². The molecule has 0 aromatic heterocycles. The Morgan fingerprint density at radius 3 is 2.31 bits per heavy atom. The number of rotatable bonds is 4. The number of carbonyl (C=O) groups excluding carboxylic acids is 1. The minimum absolute atomic E-state index is 0.239.